The summed E-state index contributed by atoms with van der Waals surface area (Å²) in [5.74, 6) is -0.316. The zero-order valence-electron chi connectivity index (χ0n) is 15.4. The van der Waals surface area contributed by atoms with Gasteiger partial charge in [-0.15, -0.1) is 0 Å². The van der Waals surface area contributed by atoms with Gasteiger partial charge in [0, 0.05) is 42.8 Å². The first-order chi connectivity index (χ1) is 14.5. The third kappa shape index (κ3) is 4.82. The molecule has 2 aromatic heterocycles. The Morgan fingerprint density at radius 1 is 1.10 bits per heavy atom. The molecule has 0 bridgehead atoms. The van der Waals surface area contributed by atoms with Gasteiger partial charge in [-0.05, 0) is 24.3 Å². The molecule has 2 heterocycles. The molecule has 3 N–H and O–H groups in total. The van der Waals surface area contributed by atoms with Crippen LogP contribution < -0.4 is 10.6 Å². The Morgan fingerprint density at radius 3 is 2.43 bits per heavy atom. The summed E-state index contributed by atoms with van der Waals surface area (Å²) in [5, 5.41) is 35.0. The van der Waals surface area contributed by atoms with E-state index in [-0.39, 0.29) is 11.3 Å². The lowest BCUT2D eigenvalue weighted by molar-refractivity contribution is -0.385. The monoisotopic (exact) mass is 405 g/mol. The number of nitriles is 1. The number of pyridine rings is 1. The minimum absolute atomic E-state index is 0.0262. The summed E-state index contributed by atoms with van der Waals surface area (Å²) >= 11 is 0. The molecule has 30 heavy (non-hydrogen) atoms. The number of rotatable bonds is 8. The number of benzene rings is 1. The number of hydrogen-bond acceptors (Lipinski definition) is 9. The van der Waals surface area contributed by atoms with Crippen molar-refractivity contribution in [2.75, 3.05) is 23.7 Å². The molecule has 0 amide bonds. The number of carbonyl (C=O) groups is 1. The summed E-state index contributed by atoms with van der Waals surface area (Å²) in [6.07, 6.45) is 3.60. The lowest BCUT2D eigenvalue weighted by Gasteiger charge is -2.12. The third-order valence-corrected chi connectivity index (χ3v) is 3.99. The van der Waals surface area contributed by atoms with Gasteiger partial charge >= 0.3 is 5.97 Å². The molecular weight excluding hydrogens is 390 g/mol. The molecule has 0 aliphatic heterocycles. The number of hydrogen-bond donors (Lipinski definition) is 3. The van der Waals surface area contributed by atoms with E-state index in [4.69, 9.17) is 10.4 Å². The van der Waals surface area contributed by atoms with Crippen molar-refractivity contribution < 1.29 is 14.8 Å². The van der Waals surface area contributed by atoms with Crippen molar-refractivity contribution >= 4 is 23.2 Å². The van der Waals surface area contributed by atoms with Crippen LogP contribution in [0.25, 0.3) is 11.4 Å². The SMILES string of the molecule is N#Cc1ccc(-c2ncc(C(=O)O)cn2)c(NCCNc2ccc([N+](=O)[O-])cn2)c1. The number of nitro groups is 1. The van der Waals surface area contributed by atoms with E-state index >= 15 is 0 Å². The predicted molar refractivity (Wildman–Crippen MR) is 107 cm³/mol. The molecule has 3 rings (SSSR count). The maximum absolute atomic E-state index is 11.0. The zero-order chi connectivity index (χ0) is 21.5. The normalized spacial score (nSPS) is 10.1. The van der Waals surface area contributed by atoms with Gasteiger partial charge in [-0.2, -0.15) is 5.26 Å². The van der Waals surface area contributed by atoms with Crippen LogP contribution in [-0.4, -0.2) is 44.0 Å². The average molecular weight is 405 g/mol. The molecule has 11 nitrogen and oxygen atoms in total. The summed E-state index contributed by atoms with van der Waals surface area (Å²) in [7, 11) is 0. The van der Waals surface area contributed by atoms with Crippen LogP contribution in [0.5, 0.6) is 0 Å². The van der Waals surface area contributed by atoms with E-state index in [0.717, 1.165) is 0 Å². The summed E-state index contributed by atoms with van der Waals surface area (Å²) < 4.78 is 0. The lowest BCUT2D eigenvalue weighted by atomic mass is 10.1. The smallest absolute Gasteiger partial charge is 0.338 e. The highest BCUT2D eigenvalue weighted by molar-refractivity contribution is 5.87. The van der Waals surface area contributed by atoms with E-state index in [1.165, 1.54) is 30.7 Å². The number of nitrogens with zero attached hydrogens (tertiary/aromatic N) is 5. The van der Waals surface area contributed by atoms with E-state index in [2.05, 4.69) is 31.7 Å². The molecule has 0 radical (unpaired) electrons. The molecule has 0 saturated carbocycles. The summed E-state index contributed by atoms with van der Waals surface area (Å²) in [4.78, 5) is 33.2. The van der Waals surface area contributed by atoms with Crippen LogP contribution in [0.3, 0.4) is 0 Å². The Kier molecular flexibility index (Phi) is 6.09. The van der Waals surface area contributed by atoms with Crippen molar-refractivity contribution in [2.24, 2.45) is 0 Å². The van der Waals surface area contributed by atoms with Crippen molar-refractivity contribution in [2.45, 2.75) is 0 Å². The summed E-state index contributed by atoms with van der Waals surface area (Å²) in [5.41, 5.74) is 1.54. The van der Waals surface area contributed by atoms with Gasteiger partial charge in [-0.1, -0.05) is 0 Å². The Morgan fingerprint density at radius 2 is 1.83 bits per heavy atom. The molecule has 0 unspecified atom stereocenters. The van der Waals surface area contributed by atoms with Gasteiger partial charge in [0.15, 0.2) is 5.82 Å². The number of aromatic carboxylic acids is 1. The van der Waals surface area contributed by atoms with Gasteiger partial charge in [0.25, 0.3) is 5.69 Å². The molecule has 3 aromatic rings. The highest BCUT2D eigenvalue weighted by Gasteiger charge is 2.11. The second-order valence-electron chi connectivity index (χ2n) is 5.98. The Labute approximate surface area is 170 Å². The Bertz CT molecular complexity index is 1110. The number of carboxylic acid groups (broad SMARTS) is 1. The minimum atomic E-state index is -1.12. The van der Waals surface area contributed by atoms with Gasteiger partial charge in [0.1, 0.15) is 12.0 Å². The first-order valence-corrected chi connectivity index (χ1v) is 8.66. The highest BCUT2D eigenvalue weighted by atomic mass is 16.6. The quantitative estimate of drug-likeness (QED) is 0.288. The van der Waals surface area contributed by atoms with E-state index < -0.39 is 10.9 Å². The molecular formula is C19H15N7O4. The van der Waals surface area contributed by atoms with Crippen molar-refractivity contribution in [1.29, 1.82) is 5.26 Å². The van der Waals surface area contributed by atoms with Crippen LogP contribution in [-0.2, 0) is 0 Å². The van der Waals surface area contributed by atoms with Crippen LogP contribution in [0.2, 0.25) is 0 Å². The topological polar surface area (TPSA) is 167 Å². The molecule has 150 valence electrons. The Balaban J connectivity index is 1.69. The number of nitrogens with one attached hydrogen (secondary N) is 2. The van der Waals surface area contributed by atoms with Crippen molar-refractivity contribution in [3.05, 3.63) is 70.2 Å². The largest absolute Gasteiger partial charge is 0.478 e. The van der Waals surface area contributed by atoms with Gasteiger partial charge in [-0.25, -0.2) is 19.7 Å². The minimum Gasteiger partial charge on any atom is -0.478 e. The van der Waals surface area contributed by atoms with Gasteiger partial charge in [0.05, 0.1) is 22.1 Å². The second kappa shape index (κ2) is 9.07. The third-order valence-electron chi connectivity index (χ3n) is 3.99. The molecule has 0 fully saturated rings. The number of anilines is 2. The van der Waals surface area contributed by atoms with E-state index in [9.17, 15) is 14.9 Å². The fraction of sp³-hybridized carbons (Fsp3) is 0.105. The molecule has 0 spiro atoms. The highest BCUT2D eigenvalue weighted by Crippen LogP contribution is 2.26. The van der Waals surface area contributed by atoms with Crippen LogP contribution in [0.4, 0.5) is 17.2 Å². The molecule has 0 aliphatic carbocycles. The molecule has 11 heteroatoms. The molecule has 0 atom stereocenters. The zero-order valence-corrected chi connectivity index (χ0v) is 15.4. The van der Waals surface area contributed by atoms with Gasteiger partial charge in [-0.3, -0.25) is 10.1 Å². The van der Waals surface area contributed by atoms with Crippen LogP contribution in [0.15, 0.2) is 48.9 Å². The number of aromatic nitrogens is 3. The fourth-order valence-electron chi connectivity index (χ4n) is 2.52. The lowest BCUT2D eigenvalue weighted by Crippen LogP contribution is -2.15. The molecule has 1 aromatic carbocycles. The van der Waals surface area contributed by atoms with Crippen molar-refractivity contribution in [1.82, 2.24) is 15.0 Å². The van der Waals surface area contributed by atoms with Gasteiger partial charge < -0.3 is 15.7 Å². The Hall–Kier alpha value is -4.59. The average Bonchev–Trinajstić information content (AvgIpc) is 2.77. The van der Waals surface area contributed by atoms with Gasteiger partial charge in [0.2, 0.25) is 0 Å². The second-order valence-corrected chi connectivity index (χ2v) is 5.98. The first kappa shape index (κ1) is 20.2. The summed E-state index contributed by atoms with van der Waals surface area (Å²) in [6, 6.07) is 9.88. The van der Waals surface area contributed by atoms with Crippen LogP contribution in [0, 0.1) is 21.4 Å². The van der Waals surface area contributed by atoms with Crippen molar-refractivity contribution in [3.63, 3.8) is 0 Å². The number of carboxylic acids is 1. The summed E-state index contributed by atoms with van der Waals surface area (Å²) in [6.45, 7) is 0.883. The molecule has 0 aliphatic rings. The van der Waals surface area contributed by atoms with Crippen LogP contribution >= 0.6 is 0 Å². The maximum Gasteiger partial charge on any atom is 0.338 e. The standard InChI is InChI=1S/C19H15N7O4/c20-8-12-1-3-15(18-24-9-13(10-25-18)19(27)28)16(7-12)21-5-6-22-17-4-2-14(11-23-17)26(29)30/h1-4,7,9-11,21H,5-6H2,(H,22,23)(H,27,28). The molecule has 0 saturated heterocycles. The first-order valence-electron chi connectivity index (χ1n) is 8.66. The fourth-order valence-corrected chi connectivity index (χ4v) is 2.52. The maximum atomic E-state index is 11.0. The van der Waals surface area contributed by atoms with Crippen molar-refractivity contribution in [3.8, 4) is 17.5 Å². The van der Waals surface area contributed by atoms with E-state index in [0.29, 0.717) is 41.5 Å². The predicted octanol–water partition coefficient (Wildman–Crippen LogP) is 2.54. The van der Waals surface area contributed by atoms with E-state index in [1.807, 2.05) is 0 Å². The van der Waals surface area contributed by atoms with Crippen LogP contribution in [0.1, 0.15) is 15.9 Å². The van der Waals surface area contributed by atoms with E-state index in [1.54, 1.807) is 18.2 Å².